The Morgan fingerprint density at radius 1 is 1.35 bits per heavy atom. The normalized spacial score (nSPS) is 10.1. The highest BCUT2D eigenvalue weighted by molar-refractivity contribution is 6.33. The van der Waals surface area contributed by atoms with E-state index in [0.717, 1.165) is 12.4 Å². The van der Waals surface area contributed by atoms with Crippen LogP contribution in [-0.4, -0.2) is 26.0 Å². The SMILES string of the molecule is O=C(O)c1ccc(Nc2ncc([N+](=O)[O-])cn2)c(Cl)c1. The van der Waals surface area contributed by atoms with Crippen LogP contribution in [0.5, 0.6) is 0 Å². The van der Waals surface area contributed by atoms with Crippen molar-refractivity contribution >= 4 is 34.9 Å². The van der Waals surface area contributed by atoms with E-state index < -0.39 is 10.9 Å². The fourth-order valence-electron chi connectivity index (χ4n) is 1.35. The summed E-state index contributed by atoms with van der Waals surface area (Å²) >= 11 is 5.92. The van der Waals surface area contributed by atoms with Crippen molar-refractivity contribution in [2.24, 2.45) is 0 Å². The second kappa shape index (κ2) is 5.49. The molecule has 1 heterocycles. The van der Waals surface area contributed by atoms with Gasteiger partial charge in [-0.3, -0.25) is 10.1 Å². The highest BCUT2D eigenvalue weighted by Crippen LogP contribution is 2.25. The number of carboxylic acid groups (broad SMARTS) is 1. The molecule has 9 heteroatoms. The minimum absolute atomic E-state index is 0.0465. The van der Waals surface area contributed by atoms with Gasteiger partial charge in [0, 0.05) is 0 Å². The van der Waals surface area contributed by atoms with E-state index in [9.17, 15) is 14.9 Å². The van der Waals surface area contributed by atoms with Gasteiger partial charge in [0.1, 0.15) is 12.4 Å². The molecule has 0 radical (unpaired) electrons. The lowest BCUT2D eigenvalue weighted by Gasteiger charge is -2.06. The van der Waals surface area contributed by atoms with Gasteiger partial charge in [-0.1, -0.05) is 11.6 Å². The Hall–Kier alpha value is -2.74. The van der Waals surface area contributed by atoms with E-state index in [1.807, 2.05) is 0 Å². The molecular formula is C11H7ClN4O4. The first-order valence-corrected chi connectivity index (χ1v) is 5.61. The maximum atomic E-state index is 10.8. The summed E-state index contributed by atoms with van der Waals surface area (Å²) in [5, 5.41) is 22.2. The number of hydrogen-bond donors (Lipinski definition) is 2. The van der Waals surface area contributed by atoms with Crippen LogP contribution in [0.25, 0.3) is 0 Å². The first-order valence-electron chi connectivity index (χ1n) is 5.23. The second-order valence-electron chi connectivity index (χ2n) is 3.65. The zero-order valence-electron chi connectivity index (χ0n) is 9.78. The van der Waals surface area contributed by atoms with Crippen LogP contribution >= 0.6 is 11.6 Å². The lowest BCUT2D eigenvalue weighted by atomic mass is 10.2. The molecule has 2 N–H and O–H groups in total. The van der Waals surface area contributed by atoms with Gasteiger partial charge in [-0.25, -0.2) is 14.8 Å². The predicted octanol–water partition coefficient (Wildman–Crippen LogP) is 2.48. The van der Waals surface area contributed by atoms with E-state index in [2.05, 4.69) is 15.3 Å². The Morgan fingerprint density at radius 3 is 2.50 bits per heavy atom. The van der Waals surface area contributed by atoms with Crippen molar-refractivity contribution in [1.82, 2.24) is 9.97 Å². The summed E-state index contributed by atoms with van der Waals surface area (Å²) in [6, 6.07) is 4.09. The third-order valence-electron chi connectivity index (χ3n) is 2.31. The van der Waals surface area contributed by atoms with Gasteiger partial charge in [-0.05, 0) is 18.2 Å². The molecule has 0 amide bonds. The van der Waals surface area contributed by atoms with Crippen LogP contribution in [0.4, 0.5) is 17.3 Å². The lowest BCUT2D eigenvalue weighted by molar-refractivity contribution is -0.385. The van der Waals surface area contributed by atoms with Gasteiger partial charge >= 0.3 is 11.7 Å². The molecule has 102 valence electrons. The number of benzene rings is 1. The number of nitrogens with zero attached hydrogens (tertiary/aromatic N) is 3. The summed E-state index contributed by atoms with van der Waals surface area (Å²) in [6.07, 6.45) is 2.10. The number of hydrogen-bond acceptors (Lipinski definition) is 6. The molecule has 2 rings (SSSR count). The molecule has 1 aromatic heterocycles. The van der Waals surface area contributed by atoms with Crippen LogP contribution in [0.2, 0.25) is 5.02 Å². The van der Waals surface area contributed by atoms with Crippen LogP contribution in [0.15, 0.2) is 30.6 Å². The molecule has 0 saturated heterocycles. The van der Waals surface area contributed by atoms with Crippen molar-refractivity contribution in [3.8, 4) is 0 Å². The fourth-order valence-corrected chi connectivity index (χ4v) is 1.58. The highest BCUT2D eigenvalue weighted by atomic mass is 35.5. The fraction of sp³-hybridized carbons (Fsp3) is 0. The first-order chi connectivity index (χ1) is 9.47. The molecule has 0 fully saturated rings. The smallest absolute Gasteiger partial charge is 0.335 e. The van der Waals surface area contributed by atoms with E-state index in [4.69, 9.17) is 16.7 Å². The van der Waals surface area contributed by atoms with Gasteiger partial charge in [0.15, 0.2) is 0 Å². The average Bonchev–Trinajstić information content (AvgIpc) is 2.41. The van der Waals surface area contributed by atoms with Gasteiger partial charge < -0.3 is 10.4 Å². The number of aromatic carboxylic acids is 1. The topological polar surface area (TPSA) is 118 Å². The van der Waals surface area contributed by atoms with Gasteiger partial charge in [0.25, 0.3) is 0 Å². The van der Waals surface area contributed by atoms with Gasteiger partial charge in [0.2, 0.25) is 5.95 Å². The van der Waals surface area contributed by atoms with Crippen LogP contribution in [0.3, 0.4) is 0 Å². The maximum absolute atomic E-state index is 10.8. The monoisotopic (exact) mass is 294 g/mol. The van der Waals surface area contributed by atoms with Crippen LogP contribution in [0.1, 0.15) is 10.4 Å². The molecule has 0 aliphatic carbocycles. The molecule has 1 aromatic carbocycles. The van der Waals surface area contributed by atoms with Crippen molar-refractivity contribution in [3.63, 3.8) is 0 Å². The second-order valence-corrected chi connectivity index (χ2v) is 4.05. The molecule has 0 aliphatic rings. The largest absolute Gasteiger partial charge is 0.478 e. The summed E-state index contributed by atoms with van der Waals surface area (Å²) in [5.41, 5.74) is 0.207. The van der Waals surface area contributed by atoms with E-state index in [-0.39, 0.29) is 22.2 Å². The Balaban J connectivity index is 2.21. The van der Waals surface area contributed by atoms with E-state index in [1.54, 1.807) is 0 Å². The van der Waals surface area contributed by atoms with Crippen molar-refractivity contribution in [1.29, 1.82) is 0 Å². The van der Waals surface area contributed by atoms with E-state index in [1.165, 1.54) is 18.2 Å². The summed E-state index contributed by atoms with van der Waals surface area (Å²) in [6.45, 7) is 0. The maximum Gasteiger partial charge on any atom is 0.335 e. The molecular weight excluding hydrogens is 288 g/mol. The van der Waals surface area contributed by atoms with Gasteiger partial charge in [-0.2, -0.15) is 0 Å². The Bertz CT molecular complexity index is 675. The third kappa shape index (κ3) is 2.98. The lowest BCUT2D eigenvalue weighted by Crippen LogP contribution is -2.00. The molecule has 8 nitrogen and oxygen atoms in total. The zero-order chi connectivity index (χ0) is 14.7. The number of nitrogens with one attached hydrogen (secondary N) is 1. The molecule has 0 atom stereocenters. The quantitative estimate of drug-likeness (QED) is 0.656. The molecule has 2 aromatic rings. The number of halogens is 1. The predicted molar refractivity (Wildman–Crippen MR) is 70.4 cm³/mol. The minimum Gasteiger partial charge on any atom is -0.478 e. The molecule has 0 spiro atoms. The third-order valence-corrected chi connectivity index (χ3v) is 2.62. The summed E-state index contributed by atoms with van der Waals surface area (Å²) in [5.74, 6) is -0.981. The van der Waals surface area contributed by atoms with Crippen molar-refractivity contribution in [2.45, 2.75) is 0 Å². The van der Waals surface area contributed by atoms with Crippen molar-refractivity contribution < 1.29 is 14.8 Å². The summed E-state index contributed by atoms with van der Waals surface area (Å²) in [4.78, 5) is 28.1. The number of nitro groups is 1. The minimum atomic E-state index is -1.09. The highest BCUT2D eigenvalue weighted by Gasteiger charge is 2.10. The molecule has 0 aliphatic heterocycles. The van der Waals surface area contributed by atoms with Crippen molar-refractivity contribution in [3.05, 3.63) is 51.3 Å². The Morgan fingerprint density at radius 2 is 2.00 bits per heavy atom. The Labute approximate surface area is 117 Å². The molecule has 0 bridgehead atoms. The number of aromatic nitrogens is 2. The van der Waals surface area contributed by atoms with Gasteiger partial charge in [0.05, 0.1) is 21.2 Å². The number of carbonyl (C=O) groups is 1. The standard InChI is InChI=1S/C11H7ClN4O4/c12-8-3-6(10(17)18)1-2-9(8)15-11-13-4-7(5-14-11)16(19)20/h1-5H,(H,17,18)(H,13,14,15). The van der Waals surface area contributed by atoms with Crippen molar-refractivity contribution in [2.75, 3.05) is 5.32 Å². The van der Waals surface area contributed by atoms with Crippen LogP contribution < -0.4 is 5.32 Å². The molecule has 20 heavy (non-hydrogen) atoms. The first kappa shape index (κ1) is 13.7. The molecule has 0 unspecified atom stereocenters. The van der Waals surface area contributed by atoms with E-state index >= 15 is 0 Å². The van der Waals surface area contributed by atoms with Gasteiger partial charge in [-0.15, -0.1) is 0 Å². The van der Waals surface area contributed by atoms with Crippen LogP contribution in [-0.2, 0) is 0 Å². The van der Waals surface area contributed by atoms with Crippen LogP contribution in [0, 0.1) is 10.1 Å². The Kier molecular flexibility index (Phi) is 3.76. The number of rotatable bonds is 4. The van der Waals surface area contributed by atoms with E-state index in [0.29, 0.717) is 5.69 Å². The average molecular weight is 295 g/mol. The zero-order valence-corrected chi connectivity index (χ0v) is 10.5. The number of anilines is 2. The molecule has 0 saturated carbocycles. The summed E-state index contributed by atoms with van der Waals surface area (Å²) < 4.78 is 0. The summed E-state index contributed by atoms with van der Waals surface area (Å²) in [7, 11) is 0. The number of carboxylic acids is 1.